The Morgan fingerprint density at radius 1 is 0.330 bits per heavy atom. The van der Waals surface area contributed by atoms with E-state index in [1.807, 2.05) is 21.1 Å². The van der Waals surface area contributed by atoms with Gasteiger partial charge in [0.1, 0.15) is 13.2 Å². The van der Waals surface area contributed by atoms with Crippen molar-refractivity contribution in [2.75, 3.05) is 47.5 Å². The van der Waals surface area contributed by atoms with Crippen LogP contribution in [-0.2, 0) is 33.3 Å². The van der Waals surface area contributed by atoms with Crippen LogP contribution in [-0.4, -0.2) is 87.4 Å². The van der Waals surface area contributed by atoms with Gasteiger partial charge in [0, 0.05) is 12.8 Å². The van der Waals surface area contributed by atoms with Crippen LogP contribution in [0.5, 0.6) is 0 Å². The number of nitrogens with zero attached hydrogens (tertiary/aromatic N) is 1. The number of likely N-dealkylation sites (N-methyl/N-ethyl adjacent to an activating group) is 1. The van der Waals surface area contributed by atoms with Crippen molar-refractivity contribution in [2.45, 2.75) is 245 Å². The van der Waals surface area contributed by atoms with E-state index in [1.165, 1.54) is 25.7 Å². The van der Waals surface area contributed by atoms with Crippen molar-refractivity contribution in [1.82, 2.24) is 0 Å². The van der Waals surface area contributed by atoms with Crippen molar-refractivity contribution in [2.24, 2.45) is 0 Å². The third-order valence-electron chi connectivity index (χ3n) is 14.0. The quantitative estimate of drug-likeness (QED) is 0.0211. The summed E-state index contributed by atoms with van der Waals surface area (Å²) in [6, 6.07) is 0. The number of carbonyl (C=O) groups excluding carboxylic acids is 2. The molecule has 0 fully saturated rings. The molecule has 2 unspecified atom stereocenters. The van der Waals surface area contributed by atoms with E-state index in [-0.39, 0.29) is 38.6 Å². The number of hydrogen-bond donors (Lipinski definition) is 1. The molecule has 0 rings (SSSR count). The van der Waals surface area contributed by atoms with Crippen LogP contribution in [0.15, 0.2) is 207 Å². The number of quaternary nitrogens is 1. The van der Waals surface area contributed by atoms with Gasteiger partial charge >= 0.3 is 17.9 Å². The molecule has 0 saturated carbocycles. The molecule has 0 heterocycles. The lowest BCUT2D eigenvalue weighted by Crippen LogP contribution is -2.40. The van der Waals surface area contributed by atoms with Gasteiger partial charge in [-0.3, -0.25) is 9.59 Å². The van der Waals surface area contributed by atoms with E-state index in [0.29, 0.717) is 17.4 Å². The average molecular weight is 1260 g/mol. The molecule has 0 aliphatic carbocycles. The summed E-state index contributed by atoms with van der Waals surface area (Å²) >= 11 is 0. The van der Waals surface area contributed by atoms with E-state index >= 15 is 0 Å². The molecule has 508 valence electrons. The van der Waals surface area contributed by atoms with Gasteiger partial charge in [-0.15, -0.1) is 0 Å². The van der Waals surface area contributed by atoms with E-state index in [2.05, 4.69) is 220 Å². The van der Waals surface area contributed by atoms with Gasteiger partial charge in [0.25, 0.3) is 6.29 Å². The van der Waals surface area contributed by atoms with Gasteiger partial charge in [0.05, 0.1) is 34.4 Å². The van der Waals surface area contributed by atoms with Crippen molar-refractivity contribution in [3.8, 4) is 0 Å². The molecule has 0 aliphatic rings. The molecule has 0 radical (unpaired) electrons. The Morgan fingerprint density at radius 3 is 0.879 bits per heavy atom. The maximum atomic E-state index is 12.9. The van der Waals surface area contributed by atoms with Gasteiger partial charge in [-0.2, -0.15) is 0 Å². The van der Waals surface area contributed by atoms with Crippen LogP contribution in [0.4, 0.5) is 0 Å². The minimum atomic E-state index is -1.53. The molecule has 9 heteroatoms. The maximum Gasteiger partial charge on any atom is 0.361 e. The predicted octanol–water partition coefficient (Wildman–Crippen LogP) is 22.4. The number of carboxylic acids is 1. The monoisotopic (exact) mass is 1250 g/mol. The number of aliphatic carboxylic acids is 1. The summed E-state index contributed by atoms with van der Waals surface area (Å²) in [5.41, 5.74) is 0. The van der Waals surface area contributed by atoms with Crippen LogP contribution in [0.25, 0.3) is 0 Å². The van der Waals surface area contributed by atoms with E-state index < -0.39 is 24.3 Å². The third-order valence-corrected chi connectivity index (χ3v) is 14.0. The first-order chi connectivity index (χ1) is 44.6. The molecule has 0 aromatic rings. The van der Waals surface area contributed by atoms with Crippen molar-refractivity contribution in [3.63, 3.8) is 0 Å². The number of ether oxygens (including phenoxy) is 4. The first-order valence-corrected chi connectivity index (χ1v) is 35.2. The van der Waals surface area contributed by atoms with E-state index in [1.54, 1.807) is 0 Å². The van der Waals surface area contributed by atoms with Crippen LogP contribution >= 0.6 is 0 Å². The fraction of sp³-hybridized carbons (Fsp3) is 0.549. The lowest BCUT2D eigenvalue weighted by Gasteiger charge is -2.25. The number of allylic oxidation sites excluding steroid dienone is 34. The Balaban J connectivity index is 4.27. The summed E-state index contributed by atoms with van der Waals surface area (Å²) < 4.78 is 22.9. The van der Waals surface area contributed by atoms with E-state index in [0.717, 1.165) is 173 Å². The molecule has 0 spiro atoms. The molecule has 1 N–H and O–H groups in total. The second-order valence-corrected chi connectivity index (χ2v) is 23.7. The van der Waals surface area contributed by atoms with Gasteiger partial charge < -0.3 is 28.5 Å². The lowest BCUT2D eigenvalue weighted by molar-refractivity contribution is -0.870. The fourth-order valence-electron chi connectivity index (χ4n) is 8.73. The summed E-state index contributed by atoms with van der Waals surface area (Å²) in [5.74, 6) is -2.07. The van der Waals surface area contributed by atoms with Crippen molar-refractivity contribution >= 4 is 17.9 Å². The van der Waals surface area contributed by atoms with Crippen LogP contribution < -0.4 is 0 Å². The van der Waals surface area contributed by atoms with Gasteiger partial charge in [-0.1, -0.05) is 278 Å². The Kier molecular flexibility index (Phi) is 65.1. The minimum absolute atomic E-state index is 0.170. The number of rotatable bonds is 62. The highest BCUT2D eigenvalue weighted by Gasteiger charge is 2.25. The molecule has 2 atom stereocenters. The molecule has 0 amide bonds. The Bertz CT molecular complexity index is 2250. The lowest BCUT2D eigenvalue weighted by atomic mass is 10.1. The van der Waals surface area contributed by atoms with Crippen LogP contribution in [0.3, 0.4) is 0 Å². The number of esters is 2. The summed E-state index contributed by atoms with van der Waals surface area (Å²) in [6.45, 7) is 4.59. The SMILES string of the molecule is CC/C=C\C/C=C\C/C=C\C/C=C\C/C=C\C/C=C\C/C=C\C/C=C\C/C=C\C/C=C\C/C=C\CCCCCCCC(=O)OC(COC(=O)CCCCCCCCCC/C=C\C/C=C\C/C=C\C/C=C\C/C=C\C/C=C\CC)COC(OCC[N+](C)(C)C)C(=O)O. The largest absolute Gasteiger partial charge is 0.477 e. The zero-order valence-corrected chi connectivity index (χ0v) is 57.9. The van der Waals surface area contributed by atoms with Crippen molar-refractivity contribution in [1.29, 1.82) is 0 Å². The highest BCUT2D eigenvalue weighted by Crippen LogP contribution is 2.14. The van der Waals surface area contributed by atoms with E-state index in [4.69, 9.17) is 18.9 Å². The zero-order chi connectivity index (χ0) is 66.1. The van der Waals surface area contributed by atoms with Gasteiger partial charge in [-0.05, 0) is 148 Å². The molecular weight excluding hydrogens is 1130 g/mol. The van der Waals surface area contributed by atoms with Crippen LogP contribution in [0.1, 0.15) is 232 Å². The van der Waals surface area contributed by atoms with Crippen molar-refractivity contribution in [3.05, 3.63) is 207 Å². The molecule has 0 bridgehead atoms. The maximum absolute atomic E-state index is 12.9. The first kappa shape index (κ1) is 84.9. The summed E-state index contributed by atoms with van der Waals surface area (Å²) in [4.78, 5) is 37.6. The van der Waals surface area contributed by atoms with Gasteiger partial charge in [0.15, 0.2) is 6.10 Å². The first-order valence-electron chi connectivity index (χ1n) is 35.2. The number of carbonyl (C=O) groups is 3. The van der Waals surface area contributed by atoms with Crippen LogP contribution in [0, 0.1) is 0 Å². The normalized spacial score (nSPS) is 14.0. The van der Waals surface area contributed by atoms with Gasteiger partial charge in [0.2, 0.25) is 0 Å². The average Bonchev–Trinajstić information content (AvgIpc) is 3.46. The molecule has 0 saturated heterocycles. The number of hydrogen-bond acceptors (Lipinski definition) is 7. The molecule has 0 aliphatic heterocycles. The zero-order valence-electron chi connectivity index (χ0n) is 57.9. The fourth-order valence-corrected chi connectivity index (χ4v) is 8.73. The number of unbranched alkanes of at least 4 members (excludes halogenated alkanes) is 13. The van der Waals surface area contributed by atoms with Crippen molar-refractivity contribution < 1.29 is 42.9 Å². The Morgan fingerprint density at radius 2 is 0.593 bits per heavy atom. The molecule has 9 nitrogen and oxygen atoms in total. The topological polar surface area (TPSA) is 108 Å². The summed E-state index contributed by atoms with van der Waals surface area (Å²) in [7, 11) is 5.95. The number of carboxylic acid groups (broad SMARTS) is 1. The van der Waals surface area contributed by atoms with E-state index in [9.17, 15) is 19.5 Å². The second kappa shape index (κ2) is 69.8. The molecule has 0 aromatic heterocycles. The molecular formula is C82H128NO8+. The highest BCUT2D eigenvalue weighted by atomic mass is 16.7. The smallest absolute Gasteiger partial charge is 0.361 e. The van der Waals surface area contributed by atoms with Gasteiger partial charge in [-0.25, -0.2) is 4.79 Å². The third kappa shape index (κ3) is 71.2. The highest BCUT2D eigenvalue weighted by molar-refractivity contribution is 5.71. The van der Waals surface area contributed by atoms with Crippen LogP contribution in [0.2, 0.25) is 0 Å². The second-order valence-electron chi connectivity index (χ2n) is 23.7. The summed E-state index contributed by atoms with van der Waals surface area (Å²) in [6.07, 6.45) is 106. The molecule has 91 heavy (non-hydrogen) atoms. The Labute approximate surface area is 556 Å². The Hall–Kier alpha value is -6.13. The summed E-state index contributed by atoms with van der Waals surface area (Å²) in [5, 5.41) is 9.75. The standard InChI is InChI=1S/C82H127NO8/c1-6-8-10-12-14-16-18-20-22-24-26-28-30-32-34-35-36-37-38-39-40-41-42-43-44-45-47-49-51-53-55-57-59-61-63-65-67-69-71-73-80(85)91-78(77-90-82(81(86)87)88-75-74-83(3,4)5)76-89-79(84)72-70-68-66-64-62-60-58-56-54-52-50-48-46-33-31-29-27-25-23-21-19-17-15-13-11-9-7-2/h8-11,14-17,20-23,26-29,32-34,36-37,39-40,42-43,45-47,50-53,57,59,78,82H,6-7,12-13,18-19,24-25,30-31,35,38,41,44,48-49,54-56,58,60-77H2,1-5H3/p+1/b10-8-,11-9-,16-14-,17-15-,22-20-,23-21-,28-26-,29-27-,34-32-,37-36-,40-39-,43-42-,46-33-,47-45-,52-50-,53-51-,59-57-. The molecule has 0 aromatic carbocycles. The predicted molar refractivity (Wildman–Crippen MR) is 391 cm³/mol. The minimum Gasteiger partial charge on any atom is -0.477 e.